The van der Waals surface area contributed by atoms with Gasteiger partial charge >= 0.3 is 0 Å². The summed E-state index contributed by atoms with van der Waals surface area (Å²) in [6, 6.07) is 9.55. The molecule has 0 aromatic heterocycles. The number of carbonyl (C=O) groups is 2. The van der Waals surface area contributed by atoms with E-state index in [4.69, 9.17) is 21.9 Å². The predicted octanol–water partition coefficient (Wildman–Crippen LogP) is 0.704. The maximum Gasteiger partial charge on any atom is 0.270 e. The van der Waals surface area contributed by atoms with E-state index >= 15 is 0 Å². The lowest BCUT2D eigenvalue weighted by Crippen LogP contribution is -2.48. The van der Waals surface area contributed by atoms with Crippen LogP contribution in [0.1, 0.15) is 56.9 Å². The number of amides is 2. The van der Waals surface area contributed by atoms with Crippen molar-refractivity contribution in [2.75, 3.05) is 32.7 Å². The van der Waals surface area contributed by atoms with Crippen LogP contribution in [0.3, 0.4) is 0 Å². The second kappa shape index (κ2) is 19.7. The lowest BCUT2D eigenvalue weighted by Gasteiger charge is -2.19. The molecule has 9 N–H and O–H groups in total. The monoisotopic (exact) mass is 477 g/mol. The molecular weight excluding hydrogens is 434 g/mol. The van der Waals surface area contributed by atoms with E-state index in [1.807, 2.05) is 30.3 Å². The summed E-state index contributed by atoms with van der Waals surface area (Å²) < 4.78 is 5.76. The molecule has 1 rings (SSSR count). The molecule has 1 aromatic rings. The first-order chi connectivity index (χ1) is 16.5. The largest absolute Gasteiger partial charge is 0.370 e. The van der Waals surface area contributed by atoms with Gasteiger partial charge in [-0.3, -0.25) is 14.6 Å². The third-order valence-electron chi connectivity index (χ3n) is 5.03. The number of nitrogens with two attached hydrogens (primary N) is 3. The Kier molecular flexibility index (Phi) is 17.0. The molecule has 1 aromatic carbocycles. The molecule has 10 heteroatoms. The first kappa shape index (κ1) is 29.3. The first-order valence-corrected chi connectivity index (χ1v) is 12.2. The van der Waals surface area contributed by atoms with Gasteiger partial charge in [-0.2, -0.15) is 0 Å². The zero-order valence-electron chi connectivity index (χ0n) is 20.3. The summed E-state index contributed by atoms with van der Waals surface area (Å²) in [4.78, 5) is 29.0. The normalized spacial score (nSPS) is 11.6. The summed E-state index contributed by atoms with van der Waals surface area (Å²) in [7, 11) is 0. The van der Waals surface area contributed by atoms with Crippen molar-refractivity contribution < 1.29 is 14.3 Å². The maximum absolute atomic E-state index is 12.7. The highest BCUT2D eigenvalue weighted by molar-refractivity contribution is 5.86. The predicted molar refractivity (Wildman–Crippen MR) is 136 cm³/mol. The van der Waals surface area contributed by atoms with Gasteiger partial charge < -0.3 is 37.9 Å². The summed E-state index contributed by atoms with van der Waals surface area (Å²) in [6.07, 6.45) is 5.43. The number of benzene rings is 1. The number of rotatable bonds is 20. The van der Waals surface area contributed by atoms with E-state index < -0.39 is 6.23 Å². The van der Waals surface area contributed by atoms with Crippen LogP contribution in [0.25, 0.3) is 0 Å². The number of hydrogen-bond donors (Lipinski definition) is 6. The molecule has 0 aliphatic heterocycles. The molecule has 0 saturated carbocycles. The number of guanidine groups is 1. The minimum atomic E-state index is -1.03. The lowest BCUT2D eigenvalue weighted by molar-refractivity contribution is -0.142. The van der Waals surface area contributed by atoms with Crippen LogP contribution < -0.4 is 33.2 Å². The number of ether oxygens (including phenoxy) is 1. The van der Waals surface area contributed by atoms with E-state index in [0.717, 1.165) is 63.6 Å². The topological polar surface area (TPSA) is 170 Å². The lowest BCUT2D eigenvalue weighted by atomic mass is 10.1. The third-order valence-corrected chi connectivity index (χ3v) is 5.03. The zero-order chi connectivity index (χ0) is 24.9. The average Bonchev–Trinajstić information content (AvgIpc) is 2.83. The molecule has 0 aliphatic carbocycles. The van der Waals surface area contributed by atoms with Crippen LogP contribution in [0.5, 0.6) is 0 Å². The van der Waals surface area contributed by atoms with Crippen LogP contribution in [0.15, 0.2) is 35.3 Å². The van der Waals surface area contributed by atoms with Crippen LogP contribution in [0.4, 0.5) is 0 Å². The van der Waals surface area contributed by atoms with Crippen molar-refractivity contribution in [1.82, 2.24) is 16.0 Å². The fourth-order valence-corrected chi connectivity index (χ4v) is 3.15. The molecule has 0 spiro atoms. The molecule has 0 aliphatic rings. The summed E-state index contributed by atoms with van der Waals surface area (Å²) in [6.45, 7) is 3.81. The standard InChI is InChI=1S/C24H43N7O3/c25-14-10-16-28-15-8-9-17-29-22(33)23(34-19-20-11-4-3-5-12-20)31-21(32)13-6-1-2-7-18-30-24(26)27/h3-5,11-12,23,28H,1-2,6-10,13-19,25H2,(H,29,33)(H,31,32)(H4,26,27,30). The number of aliphatic imine (C=N–C) groups is 1. The van der Waals surface area contributed by atoms with Gasteiger partial charge in [0.25, 0.3) is 5.91 Å². The van der Waals surface area contributed by atoms with Gasteiger partial charge in [0.15, 0.2) is 5.96 Å². The van der Waals surface area contributed by atoms with Crippen molar-refractivity contribution in [2.24, 2.45) is 22.2 Å². The minimum absolute atomic E-state index is 0.0957. The SMILES string of the molecule is NCCCNCCCCNC(=O)C(NC(=O)CCCCCCN=C(N)N)OCc1ccccc1. The molecule has 1 atom stereocenters. The van der Waals surface area contributed by atoms with E-state index in [1.54, 1.807) is 0 Å². The number of unbranched alkanes of at least 4 members (excludes halogenated alkanes) is 4. The Morgan fingerprint density at radius 1 is 0.912 bits per heavy atom. The van der Waals surface area contributed by atoms with Gasteiger partial charge in [0.05, 0.1) is 6.61 Å². The van der Waals surface area contributed by atoms with Gasteiger partial charge in [0, 0.05) is 19.5 Å². The van der Waals surface area contributed by atoms with Crippen LogP contribution in [0, 0.1) is 0 Å². The Labute approximate surface area is 203 Å². The van der Waals surface area contributed by atoms with Crippen LogP contribution >= 0.6 is 0 Å². The summed E-state index contributed by atoms with van der Waals surface area (Å²) in [5.41, 5.74) is 17.0. The van der Waals surface area contributed by atoms with Crippen molar-refractivity contribution >= 4 is 17.8 Å². The smallest absolute Gasteiger partial charge is 0.270 e. The molecule has 2 amide bonds. The van der Waals surface area contributed by atoms with Crippen molar-refractivity contribution in [3.8, 4) is 0 Å². The molecule has 1 unspecified atom stereocenters. The van der Waals surface area contributed by atoms with E-state index in [1.165, 1.54) is 0 Å². The van der Waals surface area contributed by atoms with Crippen molar-refractivity contribution in [3.63, 3.8) is 0 Å². The molecule has 34 heavy (non-hydrogen) atoms. The van der Waals surface area contributed by atoms with Gasteiger partial charge in [0.2, 0.25) is 12.1 Å². The van der Waals surface area contributed by atoms with E-state index in [-0.39, 0.29) is 24.4 Å². The second-order valence-corrected chi connectivity index (χ2v) is 8.11. The summed E-state index contributed by atoms with van der Waals surface area (Å²) in [5, 5.41) is 8.90. The summed E-state index contributed by atoms with van der Waals surface area (Å²) >= 11 is 0. The van der Waals surface area contributed by atoms with Crippen molar-refractivity contribution in [2.45, 2.75) is 64.2 Å². The highest BCUT2D eigenvalue weighted by Crippen LogP contribution is 2.06. The Morgan fingerprint density at radius 2 is 1.62 bits per heavy atom. The molecule has 0 heterocycles. The molecule has 0 radical (unpaired) electrons. The van der Waals surface area contributed by atoms with Crippen LogP contribution in [-0.4, -0.2) is 56.7 Å². The number of hydrogen-bond acceptors (Lipinski definition) is 6. The number of carbonyl (C=O) groups excluding carboxylic acids is 2. The minimum Gasteiger partial charge on any atom is -0.370 e. The highest BCUT2D eigenvalue weighted by atomic mass is 16.5. The third kappa shape index (κ3) is 16.0. The molecule has 0 bridgehead atoms. The molecule has 0 fully saturated rings. The van der Waals surface area contributed by atoms with Gasteiger partial charge in [-0.15, -0.1) is 0 Å². The van der Waals surface area contributed by atoms with E-state index in [0.29, 0.717) is 26.1 Å². The van der Waals surface area contributed by atoms with Gasteiger partial charge in [-0.25, -0.2) is 0 Å². The molecule has 192 valence electrons. The van der Waals surface area contributed by atoms with Crippen LogP contribution in [0.2, 0.25) is 0 Å². The second-order valence-electron chi connectivity index (χ2n) is 8.11. The van der Waals surface area contributed by atoms with Gasteiger partial charge in [-0.05, 0) is 57.3 Å². The Balaban J connectivity index is 2.38. The maximum atomic E-state index is 12.7. The Hall–Kier alpha value is -2.69. The van der Waals surface area contributed by atoms with Crippen molar-refractivity contribution in [3.05, 3.63) is 35.9 Å². The molecular formula is C24H43N7O3. The fraction of sp³-hybridized carbons (Fsp3) is 0.625. The summed E-state index contributed by atoms with van der Waals surface area (Å²) in [5.74, 6) is -0.447. The quantitative estimate of drug-likeness (QED) is 0.0695. The zero-order valence-corrected chi connectivity index (χ0v) is 20.3. The first-order valence-electron chi connectivity index (χ1n) is 12.2. The highest BCUT2D eigenvalue weighted by Gasteiger charge is 2.21. The molecule has 10 nitrogen and oxygen atoms in total. The van der Waals surface area contributed by atoms with E-state index in [2.05, 4.69) is 20.9 Å². The molecule has 0 saturated heterocycles. The van der Waals surface area contributed by atoms with Gasteiger partial charge in [-0.1, -0.05) is 43.2 Å². The van der Waals surface area contributed by atoms with Crippen LogP contribution in [-0.2, 0) is 20.9 Å². The number of nitrogens with zero attached hydrogens (tertiary/aromatic N) is 1. The number of nitrogens with one attached hydrogen (secondary N) is 3. The fourth-order valence-electron chi connectivity index (χ4n) is 3.15. The van der Waals surface area contributed by atoms with Gasteiger partial charge in [0.1, 0.15) is 0 Å². The van der Waals surface area contributed by atoms with E-state index in [9.17, 15) is 9.59 Å². The Bertz CT molecular complexity index is 697. The Morgan fingerprint density at radius 3 is 2.35 bits per heavy atom. The van der Waals surface area contributed by atoms with Crippen molar-refractivity contribution in [1.29, 1.82) is 0 Å². The average molecular weight is 478 g/mol.